The maximum Gasteiger partial charge on any atom is 0.242 e. The smallest absolute Gasteiger partial charge is 0.242 e. The average molecular weight is 363 g/mol. The van der Waals surface area contributed by atoms with Crippen LogP contribution >= 0.6 is 15.9 Å². The summed E-state index contributed by atoms with van der Waals surface area (Å²) < 4.78 is 32.0. The summed E-state index contributed by atoms with van der Waals surface area (Å²) in [7, 11) is -1.94. The Morgan fingerprint density at radius 3 is 2.75 bits per heavy atom. The number of hydrogen-bond donors (Lipinski definition) is 1. The van der Waals surface area contributed by atoms with Crippen LogP contribution in [0.3, 0.4) is 0 Å². The van der Waals surface area contributed by atoms with E-state index in [9.17, 15) is 8.42 Å². The van der Waals surface area contributed by atoms with E-state index in [-0.39, 0.29) is 4.90 Å². The second-order valence-electron chi connectivity index (χ2n) is 5.03. The van der Waals surface area contributed by atoms with Crippen LogP contribution in [0.5, 0.6) is 0 Å². The molecule has 0 spiro atoms. The van der Waals surface area contributed by atoms with Gasteiger partial charge in [0.2, 0.25) is 10.0 Å². The summed E-state index contributed by atoms with van der Waals surface area (Å²) in [5.41, 5.74) is 6.18. The number of anilines is 1. The van der Waals surface area contributed by atoms with Gasteiger partial charge in [0, 0.05) is 30.4 Å². The zero-order chi connectivity index (χ0) is 14.8. The highest BCUT2D eigenvalue weighted by molar-refractivity contribution is 9.10. The molecule has 0 atom stereocenters. The Hall–Kier alpha value is -0.630. The fourth-order valence-corrected chi connectivity index (χ4v) is 3.41. The van der Waals surface area contributed by atoms with Crippen molar-refractivity contribution < 1.29 is 13.2 Å². The van der Waals surface area contributed by atoms with Gasteiger partial charge in [-0.15, -0.1) is 0 Å². The van der Waals surface area contributed by atoms with Gasteiger partial charge < -0.3 is 10.5 Å². The number of benzene rings is 1. The van der Waals surface area contributed by atoms with Gasteiger partial charge >= 0.3 is 0 Å². The lowest BCUT2D eigenvalue weighted by molar-refractivity contribution is 0.117. The summed E-state index contributed by atoms with van der Waals surface area (Å²) in [5, 5.41) is 0. The molecule has 7 heteroatoms. The molecule has 1 aromatic rings. The van der Waals surface area contributed by atoms with E-state index in [1.807, 2.05) is 0 Å². The Labute approximate surface area is 128 Å². The van der Waals surface area contributed by atoms with Gasteiger partial charge in [0.15, 0.2) is 0 Å². The van der Waals surface area contributed by atoms with E-state index in [4.69, 9.17) is 10.5 Å². The summed E-state index contributed by atoms with van der Waals surface area (Å²) in [6.45, 7) is 1.50. The molecule has 0 aliphatic heterocycles. The molecule has 0 heterocycles. The van der Waals surface area contributed by atoms with Gasteiger partial charge in [-0.3, -0.25) is 0 Å². The first-order valence-electron chi connectivity index (χ1n) is 6.50. The Bertz CT molecular complexity index is 573. The molecule has 2 N–H and O–H groups in total. The second-order valence-corrected chi connectivity index (χ2v) is 7.93. The highest BCUT2D eigenvalue weighted by Crippen LogP contribution is 2.28. The van der Waals surface area contributed by atoms with E-state index in [2.05, 4.69) is 15.9 Å². The molecule has 1 aliphatic carbocycles. The van der Waals surface area contributed by atoms with Crippen molar-refractivity contribution in [1.29, 1.82) is 0 Å². The average Bonchev–Trinajstić information content (AvgIpc) is 3.21. The fraction of sp³-hybridized carbons (Fsp3) is 0.538. The predicted molar refractivity (Wildman–Crippen MR) is 81.9 cm³/mol. The molecule has 0 unspecified atom stereocenters. The maximum atomic E-state index is 12.3. The van der Waals surface area contributed by atoms with Crippen molar-refractivity contribution in [1.82, 2.24) is 4.31 Å². The van der Waals surface area contributed by atoms with Gasteiger partial charge in [-0.1, -0.05) is 0 Å². The van der Waals surface area contributed by atoms with Crippen LogP contribution in [-0.4, -0.2) is 39.5 Å². The molecule has 0 aromatic heterocycles. The normalized spacial score (nSPS) is 15.8. The molecule has 0 saturated heterocycles. The third kappa shape index (κ3) is 3.94. The molecule has 1 saturated carbocycles. The van der Waals surface area contributed by atoms with Crippen LogP contribution in [0.2, 0.25) is 0 Å². The summed E-state index contributed by atoms with van der Waals surface area (Å²) >= 11 is 3.24. The molecular weight excluding hydrogens is 344 g/mol. The SMILES string of the molecule is CN(CCOCC1CC1)S(=O)(=O)c1ccc(N)c(Br)c1. The lowest BCUT2D eigenvalue weighted by Crippen LogP contribution is -2.30. The van der Waals surface area contributed by atoms with Crippen LogP contribution in [0.25, 0.3) is 0 Å². The number of sulfonamides is 1. The molecule has 20 heavy (non-hydrogen) atoms. The van der Waals surface area contributed by atoms with E-state index in [0.29, 0.717) is 29.2 Å². The predicted octanol–water partition coefficient (Wildman–Crippen LogP) is 2.08. The van der Waals surface area contributed by atoms with E-state index in [1.54, 1.807) is 13.1 Å². The Morgan fingerprint density at radius 1 is 1.45 bits per heavy atom. The van der Waals surface area contributed by atoms with Gasteiger partial charge in [0.25, 0.3) is 0 Å². The van der Waals surface area contributed by atoms with Crippen molar-refractivity contribution in [3.63, 3.8) is 0 Å². The van der Waals surface area contributed by atoms with E-state index < -0.39 is 10.0 Å². The van der Waals surface area contributed by atoms with Crippen LogP contribution in [0.15, 0.2) is 27.6 Å². The van der Waals surface area contributed by atoms with Crippen LogP contribution in [-0.2, 0) is 14.8 Å². The largest absolute Gasteiger partial charge is 0.398 e. The third-order valence-corrected chi connectivity index (χ3v) is 5.82. The highest BCUT2D eigenvalue weighted by Gasteiger charge is 2.23. The van der Waals surface area contributed by atoms with E-state index in [0.717, 1.165) is 6.61 Å². The topological polar surface area (TPSA) is 72.6 Å². The first-order valence-corrected chi connectivity index (χ1v) is 8.73. The molecule has 0 radical (unpaired) electrons. The maximum absolute atomic E-state index is 12.3. The fourth-order valence-electron chi connectivity index (χ4n) is 1.70. The van der Waals surface area contributed by atoms with E-state index in [1.165, 1.54) is 29.3 Å². The zero-order valence-electron chi connectivity index (χ0n) is 11.4. The van der Waals surface area contributed by atoms with Gasteiger partial charge in [0.05, 0.1) is 11.5 Å². The van der Waals surface area contributed by atoms with Crippen LogP contribution < -0.4 is 5.73 Å². The monoisotopic (exact) mass is 362 g/mol. The molecule has 0 amide bonds. The highest BCUT2D eigenvalue weighted by atomic mass is 79.9. The number of likely N-dealkylation sites (N-methyl/N-ethyl adjacent to an activating group) is 1. The molecule has 2 rings (SSSR count). The number of halogens is 1. The minimum atomic E-state index is -3.50. The number of nitrogen functional groups attached to an aromatic ring is 1. The molecule has 0 bridgehead atoms. The first kappa shape index (κ1) is 15.8. The van der Waals surface area contributed by atoms with Crippen molar-refractivity contribution in [3.8, 4) is 0 Å². The standard InChI is InChI=1S/C13H19BrN2O3S/c1-16(6-7-19-9-10-2-3-10)20(17,18)11-4-5-13(15)12(14)8-11/h4-5,8,10H,2-3,6-7,9,15H2,1H3. The quantitative estimate of drug-likeness (QED) is 0.595. The molecule has 5 nitrogen and oxygen atoms in total. The Balaban J connectivity index is 1.94. The van der Waals surface area contributed by atoms with Gasteiger partial charge in [-0.2, -0.15) is 4.31 Å². The Morgan fingerprint density at radius 2 is 2.15 bits per heavy atom. The number of rotatable bonds is 7. The number of hydrogen-bond acceptors (Lipinski definition) is 4. The zero-order valence-corrected chi connectivity index (χ0v) is 13.8. The van der Waals surface area contributed by atoms with Gasteiger partial charge in [-0.05, 0) is 52.9 Å². The van der Waals surface area contributed by atoms with Gasteiger partial charge in [-0.25, -0.2) is 8.42 Å². The van der Waals surface area contributed by atoms with Crippen molar-refractivity contribution in [2.45, 2.75) is 17.7 Å². The Kier molecular flexibility index (Phi) is 5.06. The number of nitrogens with two attached hydrogens (primary N) is 1. The molecular formula is C13H19BrN2O3S. The van der Waals surface area contributed by atoms with Gasteiger partial charge in [0.1, 0.15) is 0 Å². The van der Waals surface area contributed by atoms with Crippen molar-refractivity contribution in [2.24, 2.45) is 5.92 Å². The summed E-state index contributed by atoms with van der Waals surface area (Å²) in [4.78, 5) is 0.225. The first-order chi connectivity index (χ1) is 9.41. The third-order valence-electron chi connectivity index (χ3n) is 3.28. The van der Waals surface area contributed by atoms with Crippen LogP contribution in [0.4, 0.5) is 5.69 Å². The molecule has 1 aromatic carbocycles. The molecule has 1 fully saturated rings. The lowest BCUT2D eigenvalue weighted by Gasteiger charge is -2.17. The summed E-state index contributed by atoms with van der Waals surface area (Å²) in [6, 6.07) is 4.61. The second kappa shape index (κ2) is 6.43. The van der Waals surface area contributed by atoms with Crippen LogP contribution in [0.1, 0.15) is 12.8 Å². The number of nitrogens with zero attached hydrogens (tertiary/aromatic N) is 1. The molecule has 112 valence electrons. The number of ether oxygens (including phenoxy) is 1. The molecule has 1 aliphatic rings. The summed E-state index contributed by atoms with van der Waals surface area (Å²) in [5.74, 6) is 0.685. The minimum Gasteiger partial charge on any atom is -0.398 e. The minimum absolute atomic E-state index is 0.225. The van der Waals surface area contributed by atoms with Crippen LogP contribution in [0, 0.1) is 5.92 Å². The van der Waals surface area contributed by atoms with Crippen molar-refractivity contribution in [2.75, 3.05) is 32.5 Å². The van der Waals surface area contributed by atoms with E-state index >= 15 is 0 Å². The van der Waals surface area contributed by atoms with Crippen molar-refractivity contribution >= 4 is 31.6 Å². The summed E-state index contributed by atoms with van der Waals surface area (Å²) in [6.07, 6.45) is 2.46. The lowest BCUT2D eigenvalue weighted by atomic mass is 10.3. The van der Waals surface area contributed by atoms with Crippen molar-refractivity contribution in [3.05, 3.63) is 22.7 Å².